The van der Waals surface area contributed by atoms with E-state index in [-0.39, 0.29) is 31.1 Å². The summed E-state index contributed by atoms with van der Waals surface area (Å²) in [6.07, 6.45) is -0.925. The number of aliphatic hydroxyl groups excluding tert-OH is 1. The van der Waals surface area contributed by atoms with Crippen LogP contribution >= 0.6 is 0 Å². The molecule has 0 aliphatic carbocycles. The Morgan fingerprint density at radius 1 is 0.821 bits per heavy atom. The SMILES string of the molecule is CC(C)C(NC(=O)Cc1cccc(Oc2ccccc2)c1)C(=O)N[C@@H](Cc1ccccc1)[C@@H](O)CCC(=O)O. The van der Waals surface area contributed by atoms with Crippen LogP contribution < -0.4 is 15.4 Å². The van der Waals surface area contributed by atoms with Gasteiger partial charge in [0.1, 0.15) is 17.5 Å². The summed E-state index contributed by atoms with van der Waals surface area (Å²) in [6, 6.07) is 24.3. The second-order valence-electron chi connectivity index (χ2n) is 9.83. The summed E-state index contributed by atoms with van der Waals surface area (Å²) in [5.74, 6) is -0.726. The first kappa shape index (κ1) is 29.4. The smallest absolute Gasteiger partial charge is 0.303 e. The first-order valence-electron chi connectivity index (χ1n) is 13.1. The van der Waals surface area contributed by atoms with Gasteiger partial charge in [-0.15, -0.1) is 0 Å². The zero-order valence-electron chi connectivity index (χ0n) is 22.2. The minimum absolute atomic E-state index is 0.00674. The van der Waals surface area contributed by atoms with Crippen molar-refractivity contribution in [1.29, 1.82) is 0 Å². The normalized spacial score (nSPS) is 13.2. The molecule has 1 unspecified atom stereocenters. The molecule has 8 heteroatoms. The fourth-order valence-electron chi connectivity index (χ4n) is 4.18. The second kappa shape index (κ2) is 14.7. The molecule has 3 rings (SSSR count). The van der Waals surface area contributed by atoms with E-state index in [9.17, 15) is 19.5 Å². The first-order valence-corrected chi connectivity index (χ1v) is 13.1. The highest BCUT2D eigenvalue weighted by atomic mass is 16.5. The summed E-state index contributed by atoms with van der Waals surface area (Å²) in [4.78, 5) is 37.3. The predicted octanol–water partition coefficient (Wildman–Crippen LogP) is 4.12. The van der Waals surface area contributed by atoms with Crippen molar-refractivity contribution in [2.24, 2.45) is 5.92 Å². The highest BCUT2D eigenvalue weighted by Gasteiger charge is 2.29. The lowest BCUT2D eigenvalue weighted by Gasteiger charge is -2.28. The number of benzene rings is 3. The van der Waals surface area contributed by atoms with Gasteiger partial charge in [0, 0.05) is 6.42 Å². The fraction of sp³-hybridized carbons (Fsp3) is 0.323. The number of carboxylic acid groups (broad SMARTS) is 1. The number of nitrogens with one attached hydrogen (secondary N) is 2. The molecule has 3 aromatic carbocycles. The van der Waals surface area contributed by atoms with Crippen LogP contribution in [0.4, 0.5) is 0 Å². The maximum atomic E-state index is 13.3. The van der Waals surface area contributed by atoms with E-state index >= 15 is 0 Å². The molecule has 2 amide bonds. The molecule has 39 heavy (non-hydrogen) atoms. The Bertz CT molecular complexity index is 1220. The standard InChI is InChI=1S/C31H36N2O6/c1-21(2)30(31(38)32-26(27(34)16-17-29(36)37)19-22-10-5-3-6-11-22)33-28(35)20-23-12-9-15-25(18-23)39-24-13-7-4-8-14-24/h3-15,18,21,26-27,30,34H,16-17,19-20H2,1-2H3,(H,32,38)(H,33,35)(H,36,37)/t26-,27-,30?/m0/s1. The number of aliphatic carboxylic acids is 1. The van der Waals surface area contributed by atoms with Crippen molar-refractivity contribution in [1.82, 2.24) is 10.6 Å². The van der Waals surface area contributed by atoms with E-state index < -0.39 is 30.1 Å². The summed E-state index contributed by atoms with van der Waals surface area (Å²) in [7, 11) is 0. The van der Waals surface area contributed by atoms with Crippen LogP contribution in [0.2, 0.25) is 0 Å². The van der Waals surface area contributed by atoms with Crippen molar-refractivity contribution in [3.05, 3.63) is 96.1 Å². The molecule has 0 saturated heterocycles. The molecule has 8 nitrogen and oxygen atoms in total. The molecule has 3 atom stereocenters. The van der Waals surface area contributed by atoms with Crippen LogP contribution in [-0.2, 0) is 27.2 Å². The molecule has 0 aromatic heterocycles. The maximum absolute atomic E-state index is 13.3. The van der Waals surface area contributed by atoms with Crippen LogP contribution in [0.1, 0.15) is 37.8 Å². The summed E-state index contributed by atoms with van der Waals surface area (Å²) in [5, 5.41) is 25.4. The molecule has 4 N–H and O–H groups in total. The maximum Gasteiger partial charge on any atom is 0.303 e. The van der Waals surface area contributed by atoms with E-state index in [1.165, 1.54) is 0 Å². The zero-order chi connectivity index (χ0) is 28.2. The highest BCUT2D eigenvalue weighted by molar-refractivity contribution is 5.88. The van der Waals surface area contributed by atoms with Crippen molar-refractivity contribution in [3.63, 3.8) is 0 Å². The molecule has 0 bridgehead atoms. The molecule has 0 saturated carbocycles. The van der Waals surface area contributed by atoms with Gasteiger partial charge in [-0.2, -0.15) is 0 Å². The minimum Gasteiger partial charge on any atom is -0.481 e. The second-order valence-corrected chi connectivity index (χ2v) is 9.83. The molecule has 0 heterocycles. The number of amides is 2. The number of carbonyl (C=O) groups excluding carboxylic acids is 2. The summed E-state index contributed by atoms with van der Waals surface area (Å²) >= 11 is 0. The molecule has 206 valence electrons. The van der Waals surface area contributed by atoms with E-state index in [2.05, 4.69) is 10.6 Å². The Morgan fingerprint density at radius 3 is 2.08 bits per heavy atom. The van der Waals surface area contributed by atoms with Crippen LogP contribution in [0.15, 0.2) is 84.9 Å². The molecular weight excluding hydrogens is 496 g/mol. The van der Waals surface area contributed by atoms with Gasteiger partial charge in [0.05, 0.1) is 18.6 Å². The van der Waals surface area contributed by atoms with Crippen molar-refractivity contribution < 1.29 is 29.3 Å². The number of hydrogen-bond donors (Lipinski definition) is 4. The molecule has 0 aliphatic heterocycles. The number of aliphatic hydroxyl groups is 1. The van der Waals surface area contributed by atoms with Crippen LogP contribution in [0, 0.1) is 5.92 Å². The largest absolute Gasteiger partial charge is 0.481 e. The Hall–Kier alpha value is -4.17. The van der Waals surface area contributed by atoms with Crippen LogP contribution in [-0.4, -0.2) is 46.2 Å². The summed E-state index contributed by atoms with van der Waals surface area (Å²) in [5.41, 5.74) is 1.62. The summed E-state index contributed by atoms with van der Waals surface area (Å²) in [6.45, 7) is 3.65. The molecule has 0 aliphatic rings. The van der Waals surface area contributed by atoms with Gasteiger partial charge in [-0.3, -0.25) is 14.4 Å². The number of para-hydroxylation sites is 1. The number of ether oxygens (including phenoxy) is 1. The Balaban J connectivity index is 1.65. The third-order valence-electron chi connectivity index (χ3n) is 6.25. The number of hydrogen-bond acceptors (Lipinski definition) is 5. The molecule has 0 spiro atoms. The van der Waals surface area contributed by atoms with Crippen molar-refractivity contribution in [2.75, 3.05) is 0 Å². The van der Waals surface area contributed by atoms with E-state index in [0.717, 1.165) is 11.1 Å². The van der Waals surface area contributed by atoms with Gasteiger partial charge in [-0.05, 0) is 54.2 Å². The first-order chi connectivity index (χ1) is 18.7. The molecular formula is C31H36N2O6. The van der Waals surface area contributed by atoms with Crippen LogP contribution in [0.5, 0.6) is 11.5 Å². The number of carboxylic acids is 1. The topological polar surface area (TPSA) is 125 Å². The van der Waals surface area contributed by atoms with Crippen molar-refractivity contribution in [3.8, 4) is 11.5 Å². The third kappa shape index (κ3) is 9.90. The monoisotopic (exact) mass is 532 g/mol. The quantitative estimate of drug-likeness (QED) is 0.248. The summed E-state index contributed by atoms with van der Waals surface area (Å²) < 4.78 is 5.85. The third-order valence-corrected chi connectivity index (χ3v) is 6.25. The predicted molar refractivity (Wildman–Crippen MR) is 148 cm³/mol. The van der Waals surface area contributed by atoms with Gasteiger partial charge >= 0.3 is 5.97 Å². The molecule has 3 aromatic rings. The van der Waals surface area contributed by atoms with E-state index in [1.807, 2.05) is 80.6 Å². The van der Waals surface area contributed by atoms with E-state index in [0.29, 0.717) is 17.9 Å². The fourth-order valence-corrected chi connectivity index (χ4v) is 4.18. The number of carbonyl (C=O) groups is 3. The van der Waals surface area contributed by atoms with Gasteiger partial charge in [0.2, 0.25) is 11.8 Å². The molecule has 0 fully saturated rings. The van der Waals surface area contributed by atoms with Gasteiger partial charge in [-0.1, -0.05) is 74.5 Å². The van der Waals surface area contributed by atoms with Gasteiger partial charge in [0.25, 0.3) is 0 Å². The van der Waals surface area contributed by atoms with Gasteiger partial charge in [-0.25, -0.2) is 0 Å². The zero-order valence-corrected chi connectivity index (χ0v) is 22.2. The highest BCUT2D eigenvalue weighted by Crippen LogP contribution is 2.22. The average Bonchev–Trinajstić information content (AvgIpc) is 2.91. The minimum atomic E-state index is -1.07. The van der Waals surface area contributed by atoms with Gasteiger partial charge in [0.15, 0.2) is 0 Å². The van der Waals surface area contributed by atoms with Crippen LogP contribution in [0.3, 0.4) is 0 Å². The lowest BCUT2D eigenvalue weighted by Crippen LogP contribution is -2.55. The Labute approximate surface area is 229 Å². The Morgan fingerprint density at radius 2 is 1.44 bits per heavy atom. The van der Waals surface area contributed by atoms with E-state index in [4.69, 9.17) is 9.84 Å². The van der Waals surface area contributed by atoms with E-state index in [1.54, 1.807) is 18.2 Å². The van der Waals surface area contributed by atoms with Crippen molar-refractivity contribution >= 4 is 17.8 Å². The van der Waals surface area contributed by atoms with Gasteiger partial charge < -0.3 is 25.6 Å². The molecule has 0 radical (unpaired) electrons. The van der Waals surface area contributed by atoms with Crippen molar-refractivity contribution in [2.45, 2.75) is 57.7 Å². The number of rotatable bonds is 14. The lowest BCUT2D eigenvalue weighted by atomic mass is 9.96. The Kier molecular flexibility index (Phi) is 11.1. The average molecular weight is 533 g/mol. The van der Waals surface area contributed by atoms with Crippen LogP contribution in [0.25, 0.3) is 0 Å². The lowest BCUT2D eigenvalue weighted by molar-refractivity contribution is -0.137.